The van der Waals surface area contributed by atoms with Gasteiger partial charge in [0, 0.05) is 31.8 Å². The van der Waals surface area contributed by atoms with Crippen LogP contribution in [0.1, 0.15) is 43.8 Å². The van der Waals surface area contributed by atoms with Crippen molar-refractivity contribution in [3.8, 4) is 5.75 Å². The van der Waals surface area contributed by atoms with Crippen LogP contribution in [0.5, 0.6) is 5.75 Å². The summed E-state index contributed by atoms with van der Waals surface area (Å²) >= 11 is 0. The fourth-order valence-corrected chi connectivity index (χ4v) is 3.16. The standard InChI is InChI=1S/C16H22N4O.ClH/c1-19(13-9-6-10-14(21)11-13)16-18-17-15(20(16)2)12-7-4-3-5-8-12;/h6,9-12,21H,3-5,7-8H2,1-2H3;1H. The van der Waals surface area contributed by atoms with Crippen molar-refractivity contribution in [3.05, 3.63) is 30.1 Å². The number of halogens is 1. The van der Waals surface area contributed by atoms with Crippen molar-refractivity contribution < 1.29 is 5.11 Å². The van der Waals surface area contributed by atoms with Crippen molar-refractivity contribution in [2.45, 2.75) is 38.0 Å². The third-order valence-corrected chi connectivity index (χ3v) is 4.37. The van der Waals surface area contributed by atoms with Crippen LogP contribution >= 0.6 is 12.4 Å². The van der Waals surface area contributed by atoms with E-state index in [1.54, 1.807) is 12.1 Å². The molecule has 0 aliphatic heterocycles. The van der Waals surface area contributed by atoms with Gasteiger partial charge in [0.25, 0.3) is 0 Å². The van der Waals surface area contributed by atoms with Gasteiger partial charge >= 0.3 is 0 Å². The predicted molar refractivity (Wildman–Crippen MR) is 90.2 cm³/mol. The molecule has 120 valence electrons. The topological polar surface area (TPSA) is 54.2 Å². The first kappa shape index (κ1) is 16.6. The zero-order valence-corrected chi connectivity index (χ0v) is 13.9. The molecule has 1 fully saturated rings. The Kier molecular flexibility index (Phi) is 5.29. The van der Waals surface area contributed by atoms with E-state index in [4.69, 9.17) is 0 Å². The summed E-state index contributed by atoms with van der Waals surface area (Å²) in [4.78, 5) is 1.96. The maximum atomic E-state index is 9.62. The van der Waals surface area contributed by atoms with E-state index in [-0.39, 0.29) is 18.2 Å². The Balaban J connectivity index is 0.00000176. The minimum atomic E-state index is 0. The number of hydrogen-bond donors (Lipinski definition) is 1. The predicted octanol–water partition coefficient (Wildman–Crippen LogP) is 3.76. The van der Waals surface area contributed by atoms with Crippen molar-refractivity contribution in [1.82, 2.24) is 14.8 Å². The van der Waals surface area contributed by atoms with E-state index in [9.17, 15) is 5.11 Å². The summed E-state index contributed by atoms with van der Waals surface area (Å²) in [5.41, 5.74) is 0.903. The number of rotatable bonds is 3. The summed E-state index contributed by atoms with van der Waals surface area (Å²) in [6, 6.07) is 7.19. The monoisotopic (exact) mass is 322 g/mol. The van der Waals surface area contributed by atoms with E-state index in [0.29, 0.717) is 5.92 Å². The highest BCUT2D eigenvalue weighted by molar-refractivity contribution is 5.85. The molecular formula is C16H23ClN4O. The summed E-state index contributed by atoms with van der Waals surface area (Å²) in [6.07, 6.45) is 6.33. The molecule has 6 heteroatoms. The van der Waals surface area contributed by atoms with Gasteiger partial charge < -0.3 is 10.0 Å². The average molecular weight is 323 g/mol. The molecule has 0 spiro atoms. The van der Waals surface area contributed by atoms with E-state index in [0.717, 1.165) is 17.5 Å². The fraction of sp³-hybridized carbons (Fsp3) is 0.500. The molecule has 1 aromatic carbocycles. The third-order valence-electron chi connectivity index (χ3n) is 4.37. The maximum absolute atomic E-state index is 9.62. The van der Waals surface area contributed by atoms with E-state index in [1.165, 1.54) is 32.1 Å². The smallest absolute Gasteiger partial charge is 0.231 e. The lowest BCUT2D eigenvalue weighted by molar-refractivity contribution is 0.420. The number of benzene rings is 1. The van der Waals surface area contributed by atoms with Crippen LogP contribution in [0.3, 0.4) is 0 Å². The van der Waals surface area contributed by atoms with Gasteiger partial charge in [-0.3, -0.25) is 4.57 Å². The highest BCUT2D eigenvalue weighted by Crippen LogP contribution is 2.33. The summed E-state index contributed by atoms with van der Waals surface area (Å²) in [6.45, 7) is 0. The van der Waals surface area contributed by atoms with Crippen LogP contribution in [0.4, 0.5) is 11.6 Å². The zero-order chi connectivity index (χ0) is 14.8. The van der Waals surface area contributed by atoms with Crippen molar-refractivity contribution in [2.24, 2.45) is 7.05 Å². The van der Waals surface area contributed by atoms with E-state index in [1.807, 2.05) is 31.1 Å². The van der Waals surface area contributed by atoms with Gasteiger partial charge in [-0.2, -0.15) is 0 Å². The molecule has 0 bridgehead atoms. The first-order valence-electron chi connectivity index (χ1n) is 7.59. The fourth-order valence-electron chi connectivity index (χ4n) is 3.16. The van der Waals surface area contributed by atoms with Gasteiger partial charge in [-0.15, -0.1) is 22.6 Å². The number of aromatic hydroxyl groups is 1. The number of anilines is 2. The summed E-state index contributed by atoms with van der Waals surface area (Å²) in [7, 11) is 3.97. The summed E-state index contributed by atoms with van der Waals surface area (Å²) in [5, 5.41) is 18.4. The second-order valence-corrected chi connectivity index (χ2v) is 5.83. The van der Waals surface area contributed by atoms with Crippen LogP contribution in [0.15, 0.2) is 24.3 Å². The van der Waals surface area contributed by atoms with Crippen LogP contribution in [0, 0.1) is 0 Å². The Morgan fingerprint density at radius 1 is 1.18 bits per heavy atom. The molecule has 22 heavy (non-hydrogen) atoms. The number of nitrogens with zero attached hydrogens (tertiary/aromatic N) is 4. The number of phenolic OH excluding ortho intramolecular Hbond substituents is 1. The number of phenols is 1. The average Bonchev–Trinajstić information content (AvgIpc) is 2.89. The van der Waals surface area contributed by atoms with Crippen molar-refractivity contribution in [2.75, 3.05) is 11.9 Å². The molecule has 0 saturated heterocycles. The quantitative estimate of drug-likeness (QED) is 0.934. The maximum Gasteiger partial charge on any atom is 0.231 e. The Morgan fingerprint density at radius 2 is 1.91 bits per heavy atom. The molecule has 0 amide bonds. The zero-order valence-electron chi connectivity index (χ0n) is 13.1. The van der Waals surface area contributed by atoms with Crippen LogP contribution in [-0.2, 0) is 7.05 Å². The molecule has 0 unspecified atom stereocenters. The molecule has 1 saturated carbocycles. The Morgan fingerprint density at radius 3 is 2.59 bits per heavy atom. The van der Waals surface area contributed by atoms with Gasteiger partial charge in [0.05, 0.1) is 0 Å². The third kappa shape index (κ3) is 3.19. The Hall–Kier alpha value is -1.75. The van der Waals surface area contributed by atoms with Gasteiger partial charge in [0.1, 0.15) is 11.6 Å². The van der Waals surface area contributed by atoms with Crippen molar-refractivity contribution in [3.63, 3.8) is 0 Å². The van der Waals surface area contributed by atoms with Crippen LogP contribution in [0.25, 0.3) is 0 Å². The Labute approximate surface area is 137 Å². The largest absolute Gasteiger partial charge is 0.508 e. The second-order valence-electron chi connectivity index (χ2n) is 5.83. The van der Waals surface area contributed by atoms with Crippen molar-refractivity contribution >= 4 is 24.0 Å². The lowest BCUT2D eigenvalue weighted by atomic mass is 9.89. The van der Waals surface area contributed by atoms with Crippen molar-refractivity contribution in [1.29, 1.82) is 0 Å². The first-order chi connectivity index (χ1) is 10.2. The van der Waals surface area contributed by atoms with Crippen LogP contribution < -0.4 is 4.90 Å². The van der Waals surface area contributed by atoms with Gasteiger partial charge in [0.15, 0.2) is 0 Å². The van der Waals surface area contributed by atoms with Gasteiger partial charge in [-0.1, -0.05) is 25.3 Å². The first-order valence-corrected chi connectivity index (χ1v) is 7.59. The Bertz CT molecular complexity index is 622. The van der Waals surface area contributed by atoms with Gasteiger partial charge in [-0.25, -0.2) is 0 Å². The van der Waals surface area contributed by atoms with E-state index in [2.05, 4.69) is 14.8 Å². The highest BCUT2D eigenvalue weighted by Gasteiger charge is 2.23. The highest BCUT2D eigenvalue weighted by atomic mass is 35.5. The van der Waals surface area contributed by atoms with Crippen LogP contribution in [0.2, 0.25) is 0 Å². The molecule has 1 aliphatic rings. The molecule has 1 heterocycles. The number of hydrogen-bond acceptors (Lipinski definition) is 4. The lowest BCUT2D eigenvalue weighted by Crippen LogP contribution is -2.16. The summed E-state index contributed by atoms with van der Waals surface area (Å²) in [5.74, 6) is 2.68. The molecule has 1 aromatic heterocycles. The van der Waals surface area contributed by atoms with Gasteiger partial charge in [-0.05, 0) is 25.0 Å². The van der Waals surface area contributed by atoms with E-state index >= 15 is 0 Å². The molecule has 1 aliphatic carbocycles. The van der Waals surface area contributed by atoms with Crippen LogP contribution in [-0.4, -0.2) is 26.9 Å². The number of aromatic nitrogens is 3. The van der Waals surface area contributed by atoms with Gasteiger partial charge in [0.2, 0.25) is 5.95 Å². The second kappa shape index (κ2) is 7.01. The SMILES string of the molecule is CN(c1cccc(O)c1)c1nnc(C2CCCCC2)n1C.Cl. The molecule has 2 aromatic rings. The minimum absolute atomic E-state index is 0. The van der Waals surface area contributed by atoms with E-state index < -0.39 is 0 Å². The molecule has 0 atom stereocenters. The molecule has 1 N–H and O–H groups in total. The lowest BCUT2D eigenvalue weighted by Gasteiger charge is -2.22. The molecule has 3 rings (SSSR count). The minimum Gasteiger partial charge on any atom is -0.508 e. The molecule has 5 nitrogen and oxygen atoms in total. The summed E-state index contributed by atoms with van der Waals surface area (Å²) < 4.78 is 2.08. The normalized spacial score (nSPS) is 15.4. The molecule has 0 radical (unpaired) electrons. The molecular weight excluding hydrogens is 300 g/mol.